The van der Waals surface area contributed by atoms with Gasteiger partial charge in [-0.3, -0.25) is 4.79 Å². The molecule has 0 radical (unpaired) electrons. The summed E-state index contributed by atoms with van der Waals surface area (Å²) in [5, 5.41) is 9.81. The van der Waals surface area contributed by atoms with E-state index in [9.17, 15) is 9.90 Å². The maximum absolute atomic E-state index is 12.1. The first-order valence-corrected chi connectivity index (χ1v) is 8.18. The van der Waals surface area contributed by atoms with E-state index in [0.29, 0.717) is 5.78 Å². The summed E-state index contributed by atoms with van der Waals surface area (Å²) in [5.41, 5.74) is 2.63. The van der Waals surface area contributed by atoms with E-state index in [4.69, 9.17) is 0 Å². The molecule has 2 nitrogen and oxygen atoms in total. The zero-order valence-corrected chi connectivity index (χ0v) is 13.6. The third kappa shape index (κ3) is 3.16. The lowest BCUT2D eigenvalue weighted by atomic mass is 9.66. The highest BCUT2D eigenvalue weighted by Crippen LogP contribution is 2.55. The Morgan fingerprint density at radius 3 is 2.75 bits per heavy atom. The van der Waals surface area contributed by atoms with Crippen LogP contribution in [0.3, 0.4) is 0 Å². The number of aliphatic hydroxyl groups is 1. The summed E-state index contributed by atoms with van der Waals surface area (Å²) in [7, 11) is 0. The molecule has 2 aliphatic rings. The third-order valence-electron chi connectivity index (χ3n) is 5.50. The van der Waals surface area contributed by atoms with Crippen LogP contribution < -0.4 is 0 Å². The Balaban J connectivity index is 2.07. The summed E-state index contributed by atoms with van der Waals surface area (Å²) in [6.07, 6.45) is 8.16. The average molecular weight is 278 g/mol. The maximum atomic E-state index is 12.1. The molecule has 0 bridgehead atoms. The van der Waals surface area contributed by atoms with Gasteiger partial charge in [-0.25, -0.2) is 0 Å². The summed E-state index contributed by atoms with van der Waals surface area (Å²) in [6, 6.07) is 0. The van der Waals surface area contributed by atoms with Crippen molar-refractivity contribution in [2.24, 2.45) is 11.3 Å². The first kappa shape index (κ1) is 15.8. The van der Waals surface area contributed by atoms with Crippen LogP contribution in [0.4, 0.5) is 0 Å². The Morgan fingerprint density at radius 2 is 2.10 bits per heavy atom. The standard InChI is InChI=1S/C18H30O2/c1-13(7-5-11-17(2,3)20)14-9-10-15-16(19)8-6-12-18(14,15)4/h15,20H,5-12H2,1-4H3/b14-13+/t15-,18+/m0/s1. The smallest absolute Gasteiger partial charge is 0.136 e. The number of Topliss-reactive ketones (excluding diaryl/α,β-unsaturated/α-hetero) is 1. The van der Waals surface area contributed by atoms with Gasteiger partial charge in [-0.2, -0.15) is 0 Å². The molecule has 0 saturated heterocycles. The molecule has 1 N–H and O–H groups in total. The average Bonchev–Trinajstić information content (AvgIpc) is 2.66. The zero-order valence-electron chi connectivity index (χ0n) is 13.6. The molecule has 2 rings (SSSR count). The van der Waals surface area contributed by atoms with E-state index in [1.807, 2.05) is 13.8 Å². The second-order valence-electron chi connectivity index (χ2n) is 7.75. The van der Waals surface area contributed by atoms with Crippen molar-refractivity contribution in [3.8, 4) is 0 Å². The fourth-order valence-electron chi connectivity index (χ4n) is 4.39. The normalized spacial score (nSPS) is 33.2. The lowest BCUT2D eigenvalue weighted by molar-refractivity contribution is -0.127. The van der Waals surface area contributed by atoms with Gasteiger partial charge in [-0.1, -0.05) is 18.1 Å². The second-order valence-corrected chi connectivity index (χ2v) is 7.75. The number of hydrogen-bond acceptors (Lipinski definition) is 2. The lowest BCUT2D eigenvalue weighted by Gasteiger charge is -2.37. The van der Waals surface area contributed by atoms with Crippen molar-refractivity contribution < 1.29 is 9.90 Å². The molecule has 0 spiro atoms. The molecule has 0 aliphatic heterocycles. The second kappa shape index (κ2) is 5.63. The maximum Gasteiger partial charge on any atom is 0.136 e. The molecule has 2 aliphatic carbocycles. The van der Waals surface area contributed by atoms with E-state index in [1.54, 1.807) is 5.57 Å². The SMILES string of the molecule is C/C(CCCC(C)(C)O)=C1/CC[C@H]2C(=O)CCC[C@]12C. The number of hydrogen-bond donors (Lipinski definition) is 1. The van der Waals surface area contributed by atoms with Gasteiger partial charge in [0.15, 0.2) is 0 Å². The molecule has 0 aromatic rings. The third-order valence-corrected chi connectivity index (χ3v) is 5.50. The van der Waals surface area contributed by atoms with Gasteiger partial charge in [-0.05, 0) is 71.1 Å². The van der Waals surface area contributed by atoms with Crippen LogP contribution in [0.5, 0.6) is 0 Å². The van der Waals surface area contributed by atoms with Crippen molar-refractivity contribution in [2.75, 3.05) is 0 Å². The molecule has 0 amide bonds. The Morgan fingerprint density at radius 1 is 1.40 bits per heavy atom. The van der Waals surface area contributed by atoms with Crippen molar-refractivity contribution in [1.82, 2.24) is 0 Å². The zero-order chi connectivity index (χ0) is 15.0. The van der Waals surface area contributed by atoms with E-state index >= 15 is 0 Å². The van der Waals surface area contributed by atoms with Gasteiger partial charge < -0.3 is 5.11 Å². The fourth-order valence-corrected chi connectivity index (χ4v) is 4.39. The van der Waals surface area contributed by atoms with Gasteiger partial charge in [0, 0.05) is 12.3 Å². The molecule has 0 aromatic heterocycles. The van der Waals surface area contributed by atoms with Crippen molar-refractivity contribution in [3.63, 3.8) is 0 Å². The highest BCUT2D eigenvalue weighted by Gasteiger charge is 2.48. The Labute approximate surface area is 123 Å². The molecule has 2 saturated carbocycles. The number of allylic oxidation sites excluding steroid dienone is 2. The van der Waals surface area contributed by atoms with Gasteiger partial charge in [0.25, 0.3) is 0 Å². The molecule has 114 valence electrons. The number of fused-ring (bicyclic) bond motifs is 1. The summed E-state index contributed by atoms with van der Waals surface area (Å²) in [6.45, 7) is 8.31. The molecule has 20 heavy (non-hydrogen) atoms. The van der Waals surface area contributed by atoms with Gasteiger partial charge >= 0.3 is 0 Å². The molecular weight excluding hydrogens is 248 g/mol. The van der Waals surface area contributed by atoms with Crippen molar-refractivity contribution in [3.05, 3.63) is 11.1 Å². The Kier molecular flexibility index (Phi) is 4.44. The van der Waals surface area contributed by atoms with Gasteiger partial charge in [0.05, 0.1) is 5.60 Å². The minimum atomic E-state index is -0.562. The number of carbonyl (C=O) groups is 1. The van der Waals surface area contributed by atoms with Gasteiger partial charge in [-0.15, -0.1) is 0 Å². The first-order valence-electron chi connectivity index (χ1n) is 8.18. The van der Waals surface area contributed by atoms with Crippen LogP contribution in [-0.2, 0) is 4.79 Å². The van der Waals surface area contributed by atoms with Crippen molar-refractivity contribution in [2.45, 2.75) is 84.7 Å². The molecule has 2 heteroatoms. The quantitative estimate of drug-likeness (QED) is 0.773. The topological polar surface area (TPSA) is 37.3 Å². The highest BCUT2D eigenvalue weighted by molar-refractivity contribution is 5.84. The van der Waals surface area contributed by atoms with Crippen LogP contribution in [0.2, 0.25) is 0 Å². The molecule has 0 heterocycles. The van der Waals surface area contributed by atoms with Crippen molar-refractivity contribution >= 4 is 5.78 Å². The van der Waals surface area contributed by atoms with E-state index in [2.05, 4.69) is 13.8 Å². The number of ketones is 1. The highest BCUT2D eigenvalue weighted by atomic mass is 16.3. The van der Waals surface area contributed by atoms with E-state index in [1.165, 1.54) is 12.0 Å². The molecule has 2 fully saturated rings. The first-order chi connectivity index (χ1) is 9.24. The monoisotopic (exact) mass is 278 g/mol. The molecule has 2 atom stereocenters. The molecule has 0 unspecified atom stereocenters. The summed E-state index contributed by atoms with van der Waals surface area (Å²) in [5.74, 6) is 0.786. The fraction of sp³-hybridized carbons (Fsp3) is 0.833. The van der Waals surface area contributed by atoms with E-state index in [-0.39, 0.29) is 11.3 Å². The van der Waals surface area contributed by atoms with Crippen LogP contribution >= 0.6 is 0 Å². The van der Waals surface area contributed by atoms with E-state index in [0.717, 1.165) is 44.9 Å². The van der Waals surface area contributed by atoms with Crippen LogP contribution in [-0.4, -0.2) is 16.5 Å². The van der Waals surface area contributed by atoms with Gasteiger partial charge in [0.2, 0.25) is 0 Å². The van der Waals surface area contributed by atoms with Gasteiger partial charge in [0.1, 0.15) is 5.78 Å². The van der Waals surface area contributed by atoms with Crippen LogP contribution in [0.1, 0.15) is 79.1 Å². The van der Waals surface area contributed by atoms with Crippen LogP contribution in [0.25, 0.3) is 0 Å². The van der Waals surface area contributed by atoms with Crippen LogP contribution in [0, 0.1) is 11.3 Å². The summed E-state index contributed by atoms with van der Waals surface area (Å²) in [4.78, 5) is 12.1. The van der Waals surface area contributed by atoms with Crippen molar-refractivity contribution in [1.29, 1.82) is 0 Å². The summed E-state index contributed by atoms with van der Waals surface area (Å²) < 4.78 is 0. The number of carbonyl (C=O) groups excluding carboxylic acids is 1. The summed E-state index contributed by atoms with van der Waals surface area (Å²) >= 11 is 0. The Hall–Kier alpha value is -0.630. The molecule has 0 aromatic carbocycles. The van der Waals surface area contributed by atoms with Crippen LogP contribution in [0.15, 0.2) is 11.1 Å². The minimum absolute atomic E-state index is 0.147. The predicted octanol–water partition coefficient (Wildman–Crippen LogP) is 4.41. The molecular formula is C18H30O2. The largest absolute Gasteiger partial charge is 0.390 e. The Bertz CT molecular complexity index is 414. The minimum Gasteiger partial charge on any atom is -0.390 e. The lowest BCUT2D eigenvalue weighted by Crippen LogP contribution is -2.34. The number of rotatable bonds is 4. The van der Waals surface area contributed by atoms with E-state index < -0.39 is 5.60 Å². The predicted molar refractivity (Wildman–Crippen MR) is 82.5 cm³/mol.